The molecule has 2 heterocycles. The predicted octanol–water partition coefficient (Wildman–Crippen LogP) is 14.5. The lowest BCUT2D eigenvalue weighted by Gasteiger charge is -2.28. The highest BCUT2D eigenvalue weighted by Gasteiger charge is 2.22. The summed E-state index contributed by atoms with van der Waals surface area (Å²) in [5.74, 6) is 0.613. The molecular weight excluding hydrogens is 695 g/mol. The summed E-state index contributed by atoms with van der Waals surface area (Å²) in [5, 5.41) is 4.95. The van der Waals surface area contributed by atoms with Crippen molar-refractivity contribution in [3.05, 3.63) is 212 Å². The van der Waals surface area contributed by atoms with E-state index in [0.29, 0.717) is 5.89 Å². The molecule has 4 heteroatoms. The number of aromatic nitrogens is 2. The lowest BCUT2D eigenvalue weighted by Crippen LogP contribution is -2.11. The van der Waals surface area contributed by atoms with E-state index < -0.39 is 0 Å². The molecule has 0 unspecified atom stereocenters. The Hall–Kier alpha value is -7.69. The van der Waals surface area contributed by atoms with E-state index in [1.807, 2.05) is 36.4 Å². The van der Waals surface area contributed by atoms with Crippen LogP contribution in [0.4, 0.5) is 17.1 Å². The molecule has 9 aromatic carbocycles. The average Bonchev–Trinajstić information content (AvgIpc) is 3.88. The van der Waals surface area contributed by atoms with Crippen molar-refractivity contribution in [3.8, 4) is 39.4 Å². The summed E-state index contributed by atoms with van der Waals surface area (Å²) in [4.78, 5) is 7.28. The molecule has 0 amide bonds. The highest BCUT2D eigenvalue weighted by atomic mass is 16.3. The third-order valence-corrected chi connectivity index (χ3v) is 11.0. The van der Waals surface area contributed by atoms with Crippen molar-refractivity contribution < 1.29 is 4.42 Å². The Morgan fingerprint density at radius 2 is 1.11 bits per heavy atom. The van der Waals surface area contributed by atoms with Crippen LogP contribution >= 0.6 is 0 Å². The van der Waals surface area contributed by atoms with Crippen molar-refractivity contribution in [1.29, 1.82) is 0 Å². The topological polar surface area (TPSA) is 34.2 Å². The van der Waals surface area contributed by atoms with Crippen LogP contribution in [0.5, 0.6) is 0 Å². The van der Waals surface area contributed by atoms with Crippen LogP contribution in [0.1, 0.15) is 0 Å². The second kappa shape index (κ2) is 13.6. The molecular formula is C53H35N3O. The molecule has 0 spiro atoms. The fraction of sp³-hybridized carbons (Fsp3) is 0. The van der Waals surface area contributed by atoms with E-state index in [9.17, 15) is 0 Å². The number of hydrogen-bond donors (Lipinski definition) is 0. The molecule has 4 nitrogen and oxygen atoms in total. The number of rotatable bonds is 7. The van der Waals surface area contributed by atoms with Gasteiger partial charge in [-0.3, -0.25) is 0 Å². The van der Waals surface area contributed by atoms with Crippen molar-refractivity contribution in [3.63, 3.8) is 0 Å². The Morgan fingerprint density at radius 1 is 0.439 bits per heavy atom. The second-order valence-electron chi connectivity index (χ2n) is 14.4. The normalized spacial score (nSPS) is 11.5. The minimum atomic E-state index is 0.613. The summed E-state index contributed by atoms with van der Waals surface area (Å²) in [5.41, 5.74) is 13.5. The van der Waals surface area contributed by atoms with E-state index in [0.717, 1.165) is 67.2 Å². The number of oxazole rings is 1. The second-order valence-corrected chi connectivity index (χ2v) is 14.4. The molecule has 0 bridgehead atoms. The van der Waals surface area contributed by atoms with Crippen LogP contribution in [0.25, 0.3) is 83.1 Å². The summed E-state index contributed by atoms with van der Waals surface area (Å²) in [6.45, 7) is 0. The first-order valence-electron chi connectivity index (χ1n) is 19.3. The Balaban J connectivity index is 1.16. The molecule has 11 aromatic rings. The van der Waals surface area contributed by atoms with Gasteiger partial charge in [0.05, 0.1) is 16.7 Å². The highest BCUT2D eigenvalue weighted by Crippen LogP contribution is 2.45. The molecule has 268 valence electrons. The molecule has 0 atom stereocenters. The van der Waals surface area contributed by atoms with E-state index >= 15 is 0 Å². The third-order valence-electron chi connectivity index (χ3n) is 11.0. The maximum absolute atomic E-state index is 6.52. The quantitative estimate of drug-likeness (QED) is 0.164. The molecule has 0 aliphatic carbocycles. The Labute approximate surface area is 330 Å². The van der Waals surface area contributed by atoms with Crippen molar-refractivity contribution in [2.45, 2.75) is 0 Å². The zero-order valence-corrected chi connectivity index (χ0v) is 31.0. The van der Waals surface area contributed by atoms with Crippen LogP contribution in [0.3, 0.4) is 0 Å². The van der Waals surface area contributed by atoms with Gasteiger partial charge in [-0.1, -0.05) is 146 Å². The van der Waals surface area contributed by atoms with Gasteiger partial charge in [-0.15, -0.1) is 0 Å². The molecule has 11 rings (SSSR count). The largest absolute Gasteiger partial charge is 0.435 e. The van der Waals surface area contributed by atoms with Crippen molar-refractivity contribution >= 4 is 60.7 Å². The zero-order chi connectivity index (χ0) is 37.7. The molecule has 2 aromatic heterocycles. The minimum Gasteiger partial charge on any atom is -0.435 e. The minimum absolute atomic E-state index is 0.613. The van der Waals surface area contributed by atoms with Crippen LogP contribution in [0, 0.1) is 0 Å². The van der Waals surface area contributed by atoms with E-state index in [1.165, 1.54) is 27.1 Å². The summed E-state index contributed by atoms with van der Waals surface area (Å²) < 4.78 is 8.93. The fourth-order valence-electron chi connectivity index (χ4n) is 8.42. The number of hydrogen-bond acceptors (Lipinski definition) is 3. The summed E-state index contributed by atoms with van der Waals surface area (Å²) in [7, 11) is 0. The van der Waals surface area contributed by atoms with E-state index in [4.69, 9.17) is 9.40 Å². The Bertz CT molecular complexity index is 3240. The molecule has 0 N–H and O–H groups in total. The van der Waals surface area contributed by atoms with Gasteiger partial charge in [0.25, 0.3) is 0 Å². The molecule has 0 saturated heterocycles. The maximum Gasteiger partial charge on any atom is 0.227 e. The van der Waals surface area contributed by atoms with Crippen LogP contribution in [0.15, 0.2) is 217 Å². The smallest absolute Gasteiger partial charge is 0.227 e. The molecule has 0 saturated carbocycles. The first-order valence-corrected chi connectivity index (χ1v) is 19.3. The first kappa shape index (κ1) is 32.7. The predicted molar refractivity (Wildman–Crippen MR) is 237 cm³/mol. The van der Waals surface area contributed by atoms with Gasteiger partial charge in [0.1, 0.15) is 5.52 Å². The zero-order valence-electron chi connectivity index (χ0n) is 31.0. The Morgan fingerprint density at radius 3 is 1.95 bits per heavy atom. The van der Waals surface area contributed by atoms with Crippen molar-refractivity contribution in [2.75, 3.05) is 4.90 Å². The lowest BCUT2D eigenvalue weighted by atomic mass is 10.00. The van der Waals surface area contributed by atoms with Crippen LogP contribution in [-0.4, -0.2) is 9.55 Å². The lowest BCUT2D eigenvalue weighted by molar-refractivity contribution is 0.621. The van der Waals surface area contributed by atoms with Gasteiger partial charge in [0.15, 0.2) is 5.58 Å². The van der Waals surface area contributed by atoms with Crippen molar-refractivity contribution in [2.24, 2.45) is 0 Å². The maximum atomic E-state index is 6.52. The summed E-state index contributed by atoms with van der Waals surface area (Å²) >= 11 is 0. The van der Waals surface area contributed by atoms with Crippen LogP contribution in [0.2, 0.25) is 0 Å². The van der Waals surface area contributed by atoms with Crippen LogP contribution in [-0.2, 0) is 0 Å². The molecule has 0 aliphatic rings. The molecule has 57 heavy (non-hydrogen) atoms. The van der Waals surface area contributed by atoms with Gasteiger partial charge in [-0.2, -0.15) is 0 Å². The standard InChI is InChI=1S/C53H35N3O/c1-4-16-36(17-5-1)43-25-12-13-29-48(43)55(41-24-14-21-39(34-41)45-27-15-28-47-52(45)57-53(54-47)38-19-6-2-7-20-38)42-31-32-46-50(35-42)56(40-22-8-3-9-23-40)49-33-30-37-18-10-11-26-44(37)51(46)49/h1-35H. The van der Waals surface area contributed by atoms with Gasteiger partial charge in [-0.25, -0.2) is 4.98 Å². The van der Waals surface area contributed by atoms with Gasteiger partial charge in [0, 0.05) is 44.5 Å². The van der Waals surface area contributed by atoms with E-state index in [-0.39, 0.29) is 0 Å². The number of para-hydroxylation sites is 3. The number of benzene rings is 9. The number of anilines is 3. The van der Waals surface area contributed by atoms with Gasteiger partial charge in [0.2, 0.25) is 5.89 Å². The van der Waals surface area contributed by atoms with Crippen molar-refractivity contribution in [1.82, 2.24) is 9.55 Å². The van der Waals surface area contributed by atoms with Gasteiger partial charge in [-0.05, 0) is 88.6 Å². The van der Waals surface area contributed by atoms with E-state index in [1.54, 1.807) is 0 Å². The Kier molecular flexibility index (Phi) is 7.78. The molecule has 0 fully saturated rings. The molecule has 0 aliphatic heterocycles. The number of fused-ring (bicyclic) bond motifs is 6. The highest BCUT2D eigenvalue weighted by molar-refractivity contribution is 6.21. The molecule has 0 radical (unpaired) electrons. The summed E-state index contributed by atoms with van der Waals surface area (Å²) in [6, 6.07) is 75.2. The van der Waals surface area contributed by atoms with Gasteiger partial charge >= 0.3 is 0 Å². The monoisotopic (exact) mass is 729 g/mol. The first-order chi connectivity index (χ1) is 28.3. The van der Waals surface area contributed by atoms with Gasteiger partial charge < -0.3 is 13.9 Å². The summed E-state index contributed by atoms with van der Waals surface area (Å²) in [6.07, 6.45) is 0. The third kappa shape index (κ3) is 5.58. The van der Waals surface area contributed by atoms with Crippen LogP contribution < -0.4 is 4.90 Å². The SMILES string of the molecule is c1ccc(-c2nc3cccc(-c4cccc(N(c5ccc6c7c8ccccc8ccc7n(-c7ccccc7)c6c5)c5ccccc5-c5ccccc5)c4)c3o2)cc1. The number of nitrogens with zero attached hydrogens (tertiary/aromatic N) is 3. The van der Waals surface area contributed by atoms with E-state index in [2.05, 4.69) is 185 Å². The average molecular weight is 730 g/mol. The fourth-order valence-corrected chi connectivity index (χ4v) is 8.42.